The van der Waals surface area contributed by atoms with Crippen molar-refractivity contribution in [1.82, 2.24) is 4.98 Å². The summed E-state index contributed by atoms with van der Waals surface area (Å²) < 4.78 is 5.65. The van der Waals surface area contributed by atoms with Gasteiger partial charge in [0, 0.05) is 16.8 Å². The molecular formula is C14H17NO2. The summed E-state index contributed by atoms with van der Waals surface area (Å²) in [5.74, 6) is 0.781. The number of nitrogens with one attached hydrogen (secondary N) is 1. The molecule has 0 atom stereocenters. The first kappa shape index (κ1) is 11.7. The maximum Gasteiger partial charge on any atom is 0.188 e. The van der Waals surface area contributed by atoms with Crippen LogP contribution in [0, 0.1) is 20.8 Å². The summed E-state index contributed by atoms with van der Waals surface area (Å²) in [6, 6.07) is 3.58. The van der Waals surface area contributed by atoms with Crippen molar-refractivity contribution in [2.24, 2.45) is 0 Å². The molecule has 0 spiro atoms. The van der Waals surface area contributed by atoms with Gasteiger partial charge in [-0.2, -0.15) is 0 Å². The summed E-state index contributed by atoms with van der Waals surface area (Å²) in [5.41, 5.74) is 2.85. The minimum absolute atomic E-state index is 0.0466. The van der Waals surface area contributed by atoms with Crippen LogP contribution in [0.4, 0.5) is 0 Å². The van der Waals surface area contributed by atoms with E-state index in [0.717, 1.165) is 33.5 Å². The van der Waals surface area contributed by atoms with E-state index < -0.39 is 0 Å². The summed E-state index contributed by atoms with van der Waals surface area (Å²) in [7, 11) is 0. The molecule has 0 saturated heterocycles. The normalized spacial score (nSPS) is 10.8. The zero-order valence-corrected chi connectivity index (χ0v) is 10.7. The fraction of sp³-hybridized carbons (Fsp3) is 0.357. The standard InChI is InChI=1S/C14H17NO2/c1-5-17-12-7-8(2)6-11(16)13-9(3)15-10(4)14(12)13/h6-7,15H,5H2,1-4H3. The van der Waals surface area contributed by atoms with Gasteiger partial charge in [-0.05, 0) is 45.4 Å². The number of hydrogen-bond acceptors (Lipinski definition) is 2. The van der Waals surface area contributed by atoms with E-state index in [4.69, 9.17) is 4.74 Å². The van der Waals surface area contributed by atoms with Gasteiger partial charge in [-0.25, -0.2) is 0 Å². The molecule has 0 radical (unpaired) electrons. The van der Waals surface area contributed by atoms with Crippen LogP contribution in [-0.4, -0.2) is 11.6 Å². The quantitative estimate of drug-likeness (QED) is 0.863. The van der Waals surface area contributed by atoms with E-state index in [0.29, 0.717) is 6.61 Å². The van der Waals surface area contributed by atoms with E-state index in [-0.39, 0.29) is 5.43 Å². The highest BCUT2D eigenvalue weighted by atomic mass is 16.5. The van der Waals surface area contributed by atoms with Crippen molar-refractivity contribution in [1.29, 1.82) is 0 Å². The molecule has 0 amide bonds. The van der Waals surface area contributed by atoms with E-state index in [2.05, 4.69) is 4.98 Å². The predicted octanol–water partition coefficient (Wildman–Crippen LogP) is 2.85. The largest absolute Gasteiger partial charge is 0.493 e. The van der Waals surface area contributed by atoms with Gasteiger partial charge in [0.25, 0.3) is 0 Å². The lowest BCUT2D eigenvalue weighted by molar-refractivity contribution is 0.344. The molecule has 0 fully saturated rings. The zero-order valence-electron chi connectivity index (χ0n) is 10.7. The fourth-order valence-electron chi connectivity index (χ4n) is 2.27. The number of fused-ring (bicyclic) bond motifs is 1. The summed E-state index contributed by atoms with van der Waals surface area (Å²) >= 11 is 0. The molecule has 0 aliphatic carbocycles. The summed E-state index contributed by atoms with van der Waals surface area (Å²) in [5, 5.41) is 1.64. The van der Waals surface area contributed by atoms with Gasteiger partial charge in [0.05, 0.1) is 12.0 Å². The molecule has 3 nitrogen and oxygen atoms in total. The number of aromatic amines is 1. The first-order chi connectivity index (χ1) is 8.04. The van der Waals surface area contributed by atoms with Gasteiger partial charge in [0.15, 0.2) is 5.43 Å². The van der Waals surface area contributed by atoms with Crippen molar-refractivity contribution in [3.05, 3.63) is 39.3 Å². The Labute approximate surface area is 100 Å². The first-order valence-corrected chi connectivity index (χ1v) is 5.81. The smallest absolute Gasteiger partial charge is 0.188 e. The SMILES string of the molecule is CCOc1cc(C)cc(=O)c2c(C)[nH]c(C)c12. The van der Waals surface area contributed by atoms with Gasteiger partial charge < -0.3 is 9.72 Å². The van der Waals surface area contributed by atoms with Gasteiger partial charge in [0.1, 0.15) is 5.75 Å². The monoisotopic (exact) mass is 231 g/mol. The highest BCUT2D eigenvalue weighted by molar-refractivity contribution is 5.92. The number of hydrogen-bond donors (Lipinski definition) is 1. The number of H-pyrrole nitrogens is 1. The van der Waals surface area contributed by atoms with E-state index in [9.17, 15) is 4.79 Å². The molecule has 1 heterocycles. The van der Waals surface area contributed by atoms with Crippen molar-refractivity contribution < 1.29 is 4.74 Å². The maximum atomic E-state index is 12.1. The van der Waals surface area contributed by atoms with Crippen molar-refractivity contribution in [2.75, 3.05) is 6.61 Å². The lowest BCUT2D eigenvalue weighted by atomic mass is 10.2. The molecule has 0 bridgehead atoms. The maximum absolute atomic E-state index is 12.1. The molecule has 2 rings (SSSR count). The van der Waals surface area contributed by atoms with Crippen LogP contribution < -0.4 is 10.2 Å². The van der Waals surface area contributed by atoms with Crippen LogP contribution in [0.3, 0.4) is 0 Å². The van der Waals surface area contributed by atoms with Crippen molar-refractivity contribution in [2.45, 2.75) is 27.7 Å². The molecule has 1 aromatic carbocycles. The number of aryl methyl sites for hydroxylation is 3. The van der Waals surface area contributed by atoms with Gasteiger partial charge in [0.2, 0.25) is 0 Å². The minimum atomic E-state index is 0.0466. The van der Waals surface area contributed by atoms with E-state index in [1.165, 1.54) is 0 Å². The fourth-order valence-corrected chi connectivity index (χ4v) is 2.27. The van der Waals surface area contributed by atoms with Crippen LogP contribution in [0.15, 0.2) is 16.9 Å². The summed E-state index contributed by atoms with van der Waals surface area (Å²) in [4.78, 5) is 15.3. The Hall–Kier alpha value is -1.77. The minimum Gasteiger partial charge on any atom is -0.493 e. The second kappa shape index (κ2) is 4.24. The average Bonchev–Trinajstić information content (AvgIpc) is 2.44. The lowest BCUT2D eigenvalue weighted by Gasteiger charge is -2.02. The average molecular weight is 231 g/mol. The van der Waals surface area contributed by atoms with Crippen LogP contribution in [0.5, 0.6) is 5.75 Å². The number of ether oxygens (including phenoxy) is 1. The Bertz CT molecular complexity index is 626. The van der Waals surface area contributed by atoms with Crippen molar-refractivity contribution in [3.63, 3.8) is 0 Å². The van der Waals surface area contributed by atoms with Crippen LogP contribution in [0.2, 0.25) is 0 Å². The van der Waals surface area contributed by atoms with Crippen LogP contribution >= 0.6 is 0 Å². The Balaban J connectivity index is 2.99. The van der Waals surface area contributed by atoms with Crippen molar-refractivity contribution in [3.8, 4) is 5.75 Å². The summed E-state index contributed by atoms with van der Waals surface area (Å²) in [6.07, 6.45) is 0. The number of aromatic nitrogens is 1. The molecule has 1 aromatic heterocycles. The molecule has 17 heavy (non-hydrogen) atoms. The Morgan fingerprint density at radius 2 is 1.76 bits per heavy atom. The molecule has 0 aliphatic heterocycles. The predicted molar refractivity (Wildman–Crippen MR) is 69.9 cm³/mol. The van der Waals surface area contributed by atoms with Crippen LogP contribution in [0.25, 0.3) is 10.8 Å². The van der Waals surface area contributed by atoms with E-state index in [1.807, 2.05) is 33.8 Å². The Kier molecular flexibility index (Phi) is 2.92. The van der Waals surface area contributed by atoms with Gasteiger partial charge in [-0.1, -0.05) is 0 Å². The molecule has 0 saturated carbocycles. The van der Waals surface area contributed by atoms with E-state index >= 15 is 0 Å². The molecule has 1 N–H and O–H groups in total. The van der Waals surface area contributed by atoms with Crippen molar-refractivity contribution >= 4 is 10.8 Å². The first-order valence-electron chi connectivity index (χ1n) is 5.81. The third kappa shape index (κ3) is 1.93. The van der Waals surface area contributed by atoms with Gasteiger partial charge in [-0.3, -0.25) is 4.79 Å². The molecule has 3 heteroatoms. The topological polar surface area (TPSA) is 42.1 Å². The van der Waals surface area contributed by atoms with Gasteiger partial charge in [-0.15, -0.1) is 0 Å². The second-order valence-corrected chi connectivity index (χ2v) is 4.32. The molecule has 2 aromatic rings. The molecule has 0 unspecified atom stereocenters. The third-order valence-electron chi connectivity index (χ3n) is 2.89. The van der Waals surface area contributed by atoms with Crippen LogP contribution in [0.1, 0.15) is 23.9 Å². The Morgan fingerprint density at radius 3 is 2.41 bits per heavy atom. The zero-order chi connectivity index (χ0) is 12.6. The van der Waals surface area contributed by atoms with Crippen LogP contribution in [-0.2, 0) is 0 Å². The highest BCUT2D eigenvalue weighted by Crippen LogP contribution is 2.28. The van der Waals surface area contributed by atoms with E-state index in [1.54, 1.807) is 6.07 Å². The Morgan fingerprint density at radius 1 is 1.12 bits per heavy atom. The molecular weight excluding hydrogens is 214 g/mol. The van der Waals surface area contributed by atoms with Gasteiger partial charge >= 0.3 is 0 Å². The highest BCUT2D eigenvalue weighted by Gasteiger charge is 2.12. The lowest BCUT2D eigenvalue weighted by Crippen LogP contribution is -1.96. The summed E-state index contributed by atoms with van der Waals surface area (Å²) in [6.45, 7) is 8.34. The second-order valence-electron chi connectivity index (χ2n) is 4.32. The third-order valence-corrected chi connectivity index (χ3v) is 2.89. The molecule has 90 valence electrons. The number of rotatable bonds is 2. The molecule has 0 aliphatic rings.